The minimum absolute atomic E-state index is 0.207. The Balaban J connectivity index is 2.99. The van der Waals surface area contributed by atoms with Gasteiger partial charge in [0.25, 0.3) is 0 Å². The average Bonchev–Trinajstić information content (AvgIpc) is 2.34. The Morgan fingerprint density at radius 1 is 1.68 bits per heavy atom. The van der Waals surface area contributed by atoms with Gasteiger partial charge >= 0.3 is 0 Å². The summed E-state index contributed by atoms with van der Waals surface area (Å²) in [6.45, 7) is 2.34. The molecule has 0 aliphatic heterocycles. The van der Waals surface area contributed by atoms with Crippen molar-refractivity contribution in [1.82, 2.24) is 0 Å². The highest BCUT2D eigenvalue weighted by Crippen LogP contribution is 2.36. The van der Waals surface area contributed by atoms with Crippen LogP contribution in [0.4, 0.5) is 5.69 Å². The van der Waals surface area contributed by atoms with Crippen molar-refractivity contribution in [3.05, 3.63) is 21.6 Å². The lowest BCUT2D eigenvalue weighted by Crippen LogP contribution is -2.21. The molecule has 8 heteroatoms. The van der Waals surface area contributed by atoms with E-state index in [0.29, 0.717) is 27.5 Å². The van der Waals surface area contributed by atoms with Crippen LogP contribution in [-0.2, 0) is 0 Å². The highest BCUT2D eigenvalue weighted by atomic mass is 79.9. The molecule has 0 atom stereocenters. The molecule has 0 saturated carbocycles. The summed E-state index contributed by atoms with van der Waals surface area (Å²) in [6, 6.07) is 4.98. The van der Waals surface area contributed by atoms with Gasteiger partial charge in [-0.1, -0.05) is 11.6 Å². The number of hydrazone groups is 1. The first-order valence-electron chi connectivity index (χ1n) is 5.19. The number of anilines is 1. The van der Waals surface area contributed by atoms with Crippen LogP contribution in [-0.4, -0.2) is 18.2 Å². The summed E-state index contributed by atoms with van der Waals surface area (Å²) in [7, 11) is 0. The molecule has 4 N–H and O–H groups in total. The number of ether oxygens (including phenoxy) is 1. The van der Waals surface area contributed by atoms with Crippen LogP contribution in [0, 0.1) is 16.7 Å². The van der Waals surface area contributed by atoms with E-state index in [2.05, 4.69) is 26.5 Å². The lowest BCUT2D eigenvalue weighted by molar-refractivity contribution is 0.338. The SMILES string of the molecule is CCOc1c(Cl)cc(N/N=C(\C#N)C(=N)N)cc1Br. The third-order valence-corrected chi connectivity index (χ3v) is 2.81. The van der Waals surface area contributed by atoms with Crippen molar-refractivity contribution < 1.29 is 4.74 Å². The summed E-state index contributed by atoms with van der Waals surface area (Å²) in [5.41, 5.74) is 8.10. The van der Waals surface area contributed by atoms with Crippen molar-refractivity contribution in [1.29, 1.82) is 10.7 Å². The first-order chi connectivity index (χ1) is 8.99. The first-order valence-corrected chi connectivity index (χ1v) is 6.36. The number of benzene rings is 1. The Hall–Kier alpha value is -1.78. The highest BCUT2D eigenvalue weighted by molar-refractivity contribution is 9.10. The van der Waals surface area contributed by atoms with Gasteiger partial charge < -0.3 is 10.5 Å². The molecule has 0 spiro atoms. The van der Waals surface area contributed by atoms with E-state index >= 15 is 0 Å². The van der Waals surface area contributed by atoms with Crippen LogP contribution >= 0.6 is 27.5 Å². The fourth-order valence-corrected chi connectivity index (χ4v) is 2.14. The van der Waals surface area contributed by atoms with Crippen LogP contribution in [0.5, 0.6) is 5.75 Å². The number of halogens is 2. The zero-order valence-corrected chi connectivity index (χ0v) is 12.3. The molecule has 0 aromatic heterocycles. The van der Waals surface area contributed by atoms with E-state index in [-0.39, 0.29) is 5.71 Å². The molecule has 6 nitrogen and oxygen atoms in total. The lowest BCUT2D eigenvalue weighted by atomic mass is 10.3. The summed E-state index contributed by atoms with van der Waals surface area (Å²) in [6.07, 6.45) is 0. The molecule has 0 fully saturated rings. The zero-order valence-electron chi connectivity index (χ0n) is 10.00. The third-order valence-electron chi connectivity index (χ3n) is 1.94. The van der Waals surface area contributed by atoms with Crippen molar-refractivity contribution in [2.45, 2.75) is 6.92 Å². The van der Waals surface area contributed by atoms with E-state index in [1.807, 2.05) is 6.92 Å². The number of nitrogens with two attached hydrogens (primary N) is 1. The fraction of sp³-hybridized carbons (Fsp3) is 0.182. The van der Waals surface area contributed by atoms with Crippen LogP contribution in [0.15, 0.2) is 21.7 Å². The van der Waals surface area contributed by atoms with Gasteiger partial charge in [-0.05, 0) is 35.0 Å². The Morgan fingerprint density at radius 2 is 2.37 bits per heavy atom. The minimum atomic E-state index is -0.411. The van der Waals surface area contributed by atoms with Gasteiger partial charge in [-0.25, -0.2) is 0 Å². The van der Waals surface area contributed by atoms with E-state index in [9.17, 15) is 0 Å². The van der Waals surface area contributed by atoms with Crippen molar-refractivity contribution in [3.63, 3.8) is 0 Å². The molecule has 1 aromatic rings. The molecule has 0 aliphatic carbocycles. The Morgan fingerprint density at radius 3 is 2.84 bits per heavy atom. The molecular weight excluding hydrogens is 334 g/mol. The van der Waals surface area contributed by atoms with Crippen molar-refractivity contribution in [2.75, 3.05) is 12.0 Å². The van der Waals surface area contributed by atoms with Gasteiger partial charge in [0.2, 0.25) is 5.71 Å². The average molecular weight is 345 g/mol. The van der Waals surface area contributed by atoms with Gasteiger partial charge in [0, 0.05) is 0 Å². The Labute approximate surface area is 123 Å². The van der Waals surface area contributed by atoms with E-state index < -0.39 is 5.84 Å². The number of nitriles is 1. The zero-order chi connectivity index (χ0) is 14.4. The monoisotopic (exact) mass is 343 g/mol. The molecule has 0 aliphatic rings. The molecule has 1 aromatic carbocycles. The Kier molecular flexibility index (Phi) is 5.60. The molecule has 0 bridgehead atoms. The Bertz CT molecular complexity index is 544. The molecule has 1 rings (SSSR count). The molecule has 19 heavy (non-hydrogen) atoms. The fourth-order valence-electron chi connectivity index (χ4n) is 1.17. The van der Waals surface area contributed by atoms with E-state index in [4.69, 9.17) is 32.7 Å². The van der Waals surface area contributed by atoms with Gasteiger partial charge in [-0.2, -0.15) is 10.4 Å². The van der Waals surface area contributed by atoms with Crippen LogP contribution in [0.3, 0.4) is 0 Å². The number of hydrogen-bond acceptors (Lipinski definition) is 5. The topological polar surface area (TPSA) is 107 Å². The molecule has 0 radical (unpaired) electrons. The lowest BCUT2D eigenvalue weighted by Gasteiger charge is -2.10. The van der Waals surface area contributed by atoms with Crippen molar-refractivity contribution in [2.24, 2.45) is 10.8 Å². The molecule has 0 saturated heterocycles. The highest BCUT2D eigenvalue weighted by Gasteiger charge is 2.09. The van der Waals surface area contributed by atoms with E-state index in [1.165, 1.54) is 0 Å². The maximum absolute atomic E-state index is 8.70. The van der Waals surface area contributed by atoms with Crippen LogP contribution in [0.2, 0.25) is 5.02 Å². The van der Waals surface area contributed by atoms with Crippen LogP contribution in [0.1, 0.15) is 6.92 Å². The largest absolute Gasteiger partial charge is 0.491 e. The maximum atomic E-state index is 8.70. The number of amidine groups is 1. The maximum Gasteiger partial charge on any atom is 0.201 e. The molecule has 100 valence electrons. The van der Waals surface area contributed by atoms with Crippen molar-refractivity contribution >= 4 is 44.8 Å². The normalized spacial score (nSPS) is 10.7. The summed E-state index contributed by atoms with van der Waals surface area (Å²) in [5.74, 6) is 0.122. The van der Waals surface area contributed by atoms with Crippen LogP contribution < -0.4 is 15.9 Å². The summed E-state index contributed by atoms with van der Waals surface area (Å²) in [5, 5.41) is 19.9. The van der Waals surface area contributed by atoms with E-state index in [0.717, 1.165) is 0 Å². The predicted octanol–water partition coefficient (Wildman–Crippen LogP) is 2.73. The van der Waals surface area contributed by atoms with E-state index in [1.54, 1.807) is 18.2 Å². The molecule has 0 heterocycles. The summed E-state index contributed by atoms with van der Waals surface area (Å²) in [4.78, 5) is 0. The molecule has 0 amide bonds. The number of nitrogens with zero attached hydrogens (tertiary/aromatic N) is 2. The van der Waals surface area contributed by atoms with Crippen molar-refractivity contribution in [3.8, 4) is 11.8 Å². The second-order valence-electron chi connectivity index (χ2n) is 3.30. The summed E-state index contributed by atoms with van der Waals surface area (Å²) >= 11 is 9.37. The summed E-state index contributed by atoms with van der Waals surface area (Å²) < 4.78 is 6.01. The number of nitrogens with one attached hydrogen (secondary N) is 2. The molecule has 0 unspecified atom stereocenters. The third kappa shape index (κ3) is 4.12. The van der Waals surface area contributed by atoms with Gasteiger partial charge in [0.05, 0.1) is 21.8 Å². The number of rotatable bonds is 5. The minimum Gasteiger partial charge on any atom is -0.491 e. The first kappa shape index (κ1) is 15.3. The standard InChI is InChI=1S/C11H11BrClN5O/c1-2-19-10-7(12)3-6(4-8(10)13)17-18-9(5-14)11(15)16/h3-4,17H,2H2,1H3,(H3,15,16)/b18-9+. The number of hydrogen-bond donors (Lipinski definition) is 3. The quantitative estimate of drug-likeness (QED) is 0.433. The smallest absolute Gasteiger partial charge is 0.201 e. The van der Waals surface area contributed by atoms with Gasteiger partial charge in [0.1, 0.15) is 6.07 Å². The van der Waals surface area contributed by atoms with Gasteiger partial charge in [0.15, 0.2) is 11.6 Å². The van der Waals surface area contributed by atoms with Gasteiger partial charge in [-0.3, -0.25) is 10.8 Å². The second kappa shape index (κ2) is 6.97. The van der Waals surface area contributed by atoms with Crippen LogP contribution in [0.25, 0.3) is 0 Å². The second-order valence-corrected chi connectivity index (χ2v) is 4.56. The molecular formula is C11H11BrClN5O. The van der Waals surface area contributed by atoms with Gasteiger partial charge in [-0.15, -0.1) is 0 Å². The predicted molar refractivity (Wildman–Crippen MR) is 78.9 cm³/mol.